The lowest BCUT2D eigenvalue weighted by Crippen LogP contribution is -2.40. The molecule has 0 amide bonds. The van der Waals surface area contributed by atoms with E-state index in [0.717, 1.165) is 0 Å². The summed E-state index contributed by atoms with van der Waals surface area (Å²) in [7, 11) is -2.14. The predicted molar refractivity (Wildman–Crippen MR) is 71.9 cm³/mol. The number of carboxylic acid groups (broad SMARTS) is 1. The largest absolute Gasteiger partial charge is 0.489 e. The molecule has 1 aromatic carbocycles. The fraction of sp³-hybridized carbons (Fsp3) is 0.417. The number of fused-ring (bicyclic) bond motifs is 1. The van der Waals surface area contributed by atoms with E-state index in [2.05, 4.69) is 0 Å². The van der Waals surface area contributed by atoms with E-state index < -0.39 is 16.0 Å². The fourth-order valence-corrected chi connectivity index (χ4v) is 3.37. The van der Waals surface area contributed by atoms with E-state index in [0.29, 0.717) is 0 Å². The molecule has 0 aliphatic carbocycles. The van der Waals surface area contributed by atoms with Crippen molar-refractivity contribution in [1.29, 1.82) is 0 Å². The van der Waals surface area contributed by atoms with Crippen LogP contribution in [0.15, 0.2) is 18.2 Å². The number of hydrogen-bond donors (Lipinski definition) is 1. The van der Waals surface area contributed by atoms with Crippen molar-refractivity contribution < 1.29 is 27.8 Å². The van der Waals surface area contributed by atoms with Gasteiger partial charge in [-0.05, 0) is 12.1 Å². The topological polar surface area (TPSA) is 93.1 Å². The minimum atomic E-state index is -3.57. The van der Waals surface area contributed by atoms with E-state index >= 15 is 0 Å². The van der Waals surface area contributed by atoms with Gasteiger partial charge in [0.2, 0.25) is 10.0 Å². The molecule has 0 saturated carbocycles. The lowest BCUT2D eigenvalue weighted by molar-refractivity contribution is 0.0692. The van der Waals surface area contributed by atoms with Crippen LogP contribution in [0.4, 0.5) is 5.69 Å². The molecule has 0 spiro atoms. The Hall–Kier alpha value is -1.80. The van der Waals surface area contributed by atoms with Gasteiger partial charge in [0.1, 0.15) is 12.2 Å². The van der Waals surface area contributed by atoms with Crippen LogP contribution in [0.2, 0.25) is 0 Å². The number of benzene rings is 1. The number of methoxy groups -OCH3 is 1. The highest BCUT2D eigenvalue weighted by molar-refractivity contribution is 7.92. The maximum absolute atomic E-state index is 12.2. The van der Waals surface area contributed by atoms with Crippen LogP contribution in [0.5, 0.6) is 5.75 Å². The van der Waals surface area contributed by atoms with Crippen LogP contribution < -0.4 is 9.04 Å². The molecule has 0 bridgehead atoms. The van der Waals surface area contributed by atoms with Gasteiger partial charge in [0.15, 0.2) is 5.75 Å². The summed E-state index contributed by atoms with van der Waals surface area (Å²) in [5, 5.41) is 9.10. The van der Waals surface area contributed by atoms with Gasteiger partial charge in [0.25, 0.3) is 0 Å². The maximum atomic E-state index is 12.2. The Bertz CT molecular complexity index is 612. The second kappa shape index (κ2) is 5.68. The van der Waals surface area contributed by atoms with E-state index in [9.17, 15) is 13.2 Å². The Morgan fingerprint density at radius 1 is 1.50 bits per heavy atom. The fourth-order valence-electron chi connectivity index (χ4n) is 1.98. The second-order valence-electron chi connectivity index (χ2n) is 4.19. The Kier molecular flexibility index (Phi) is 4.15. The smallest absolute Gasteiger partial charge is 0.339 e. The van der Waals surface area contributed by atoms with Gasteiger partial charge in [0, 0.05) is 7.11 Å². The zero-order valence-electron chi connectivity index (χ0n) is 10.9. The summed E-state index contributed by atoms with van der Waals surface area (Å²) in [5.74, 6) is -1.23. The second-order valence-corrected chi connectivity index (χ2v) is 6.20. The molecule has 0 fully saturated rings. The quantitative estimate of drug-likeness (QED) is 0.854. The van der Waals surface area contributed by atoms with Crippen molar-refractivity contribution >= 4 is 21.7 Å². The Balaban J connectivity index is 2.43. The number of rotatable bonds is 5. The molecule has 7 nitrogen and oxygen atoms in total. The molecular formula is C12H15NO6S. The third-order valence-electron chi connectivity index (χ3n) is 2.92. The van der Waals surface area contributed by atoms with Gasteiger partial charge in [-0.15, -0.1) is 0 Å². The molecule has 0 saturated heterocycles. The van der Waals surface area contributed by atoms with E-state index in [-0.39, 0.29) is 42.5 Å². The highest BCUT2D eigenvalue weighted by Gasteiger charge is 2.30. The first-order chi connectivity index (χ1) is 9.47. The minimum Gasteiger partial charge on any atom is -0.489 e. The first-order valence-corrected chi connectivity index (χ1v) is 7.57. The van der Waals surface area contributed by atoms with Crippen LogP contribution in [0.1, 0.15) is 10.4 Å². The molecule has 1 heterocycles. The van der Waals surface area contributed by atoms with Crippen LogP contribution in [0.25, 0.3) is 0 Å². The van der Waals surface area contributed by atoms with Crippen LogP contribution in [0.3, 0.4) is 0 Å². The SMILES string of the molecule is COCCS(=O)(=O)N1CCOc2c(C(=O)O)cccc21. The standard InChI is InChI=1S/C12H15NO6S/c1-18-7-8-20(16,17)13-5-6-19-11-9(12(14)15)3-2-4-10(11)13/h2-4H,5-8H2,1H3,(H,14,15). The zero-order valence-corrected chi connectivity index (χ0v) is 11.7. The van der Waals surface area contributed by atoms with Crippen LogP contribution in [0, 0.1) is 0 Å². The third-order valence-corrected chi connectivity index (χ3v) is 4.65. The molecule has 1 aliphatic rings. The van der Waals surface area contributed by atoms with Gasteiger partial charge < -0.3 is 14.6 Å². The number of carboxylic acids is 1. The summed E-state index contributed by atoms with van der Waals surface area (Å²) in [4.78, 5) is 11.1. The summed E-state index contributed by atoms with van der Waals surface area (Å²) in [6.07, 6.45) is 0. The molecule has 1 N–H and O–H groups in total. The highest BCUT2D eigenvalue weighted by Crippen LogP contribution is 2.36. The van der Waals surface area contributed by atoms with E-state index in [1.54, 1.807) is 0 Å². The summed E-state index contributed by atoms with van der Waals surface area (Å²) in [6, 6.07) is 4.41. The molecule has 110 valence electrons. The molecule has 1 aliphatic heterocycles. The molecule has 1 aromatic rings. The van der Waals surface area contributed by atoms with E-state index in [1.807, 2.05) is 0 Å². The average molecular weight is 301 g/mol. The molecule has 0 aromatic heterocycles. The summed E-state index contributed by atoms with van der Waals surface area (Å²) >= 11 is 0. The highest BCUT2D eigenvalue weighted by atomic mass is 32.2. The van der Waals surface area contributed by atoms with Crippen molar-refractivity contribution in [2.45, 2.75) is 0 Å². The number of carbonyl (C=O) groups is 1. The number of ether oxygens (including phenoxy) is 2. The number of aromatic carboxylic acids is 1. The van der Waals surface area contributed by atoms with E-state index in [1.165, 1.54) is 29.6 Å². The minimum absolute atomic E-state index is 0.0471. The maximum Gasteiger partial charge on any atom is 0.339 e. The van der Waals surface area contributed by atoms with Gasteiger partial charge >= 0.3 is 5.97 Å². The molecule has 20 heavy (non-hydrogen) atoms. The summed E-state index contributed by atoms with van der Waals surface area (Å²) < 4.78 is 35.8. The van der Waals surface area contributed by atoms with Gasteiger partial charge in [-0.1, -0.05) is 6.07 Å². The first-order valence-electron chi connectivity index (χ1n) is 5.96. The van der Waals surface area contributed by atoms with Crippen molar-refractivity contribution in [3.63, 3.8) is 0 Å². The molecule has 0 unspecified atom stereocenters. The normalized spacial score (nSPS) is 14.6. The monoisotopic (exact) mass is 301 g/mol. The number of nitrogens with zero attached hydrogens (tertiary/aromatic N) is 1. The van der Waals surface area contributed by atoms with E-state index in [4.69, 9.17) is 14.6 Å². The van der Waals surface area contributed by atoms with Crippen molar-refractivity contribution in [2.75, 3.05) is 36.9 Å². The van der Waals surface area contributed by atoms with Gasteiger partial charge in [-0.3, -0.25) is 4.31 Å². The average Bonchev–Trinajstić information content (AvgIpc) is 2.43. The lowest BCUT2D eigenvalue weighted by atomic mass is 10.1. The number of para-hydroxylation sites is 1. The van der Waals surface area contributed by atoms with Crippen LogP contribution in [-0.2, 0) is 14.8 Å². The predicted octanol–water partition coefficient (Wildman–Crippen LogP) is 0.560. The summed E-state index contributed by atoms with van der Waals surface area (Å²) in [6.45, 7) is 0.346. The number of hydrogen-bond acceptors (Lipinski definition) is 5. The first kappa shape index (κ1) is 14.6. The van der Waals surface area contributed by atoms with Crippen molar-refractivity contribution in [2.24, 2.45) is 0 Å². The Morgan fingerprint density at radius 2 is 2.25 bits per heavy atom. The molecule has 0 atom stereocenters. The number of anilines is 1. The van der Waals surface area contributed by atoms with Crippen LogP contribution >= 0.6 is 0 Å². The summed E-state index contributed by atoms with van der Waals surface area (Å²) in [5.41, 5.74) is 0.210. The molecular weight excluding hydrogens is 286 g/mol. The van der Waals surface area contributed by atoms with Crippen molar-refractivity contribution in [3.8, 4) is 5.75 Å². The number of sulfonamides is 1. The third kappa shape index (κ3) is 2.70. The molecule has 0 radical (unpaired) electrons. The molecule has 8 heteroatoms. The van der Waals surface area contributed by atoms with Gasteiger partial charge in [0.05, 0.1) is 24.6 Å². The van der Waals surface area contributed by atoms with Gasteiger partial charge in [-0.2, -0.15) is 0 Å². The van der Waals surface area contributed by atoms with Gasteiger partial charge in [-0.25, -0.2) is 13.2 Å². The van der Waals surface area contributed by atoms with Crippen LogP contribution in [-0.4, -0.2) is 52.1 Å². The Morgan fingerprint density at radius 3 is 2.90 bits per heavy atom. The van der Waals surface area contributed by atoms with Crippen molar-refractivity contribution in [1.82, 2.24) is 0 Å². The lowest BCUT2D eigenvalue weighted by Gasteiger charge is -2.31. The Labute approximate surface area is 116 Å². The zero-order chi connectivity index (χ0) is 14.8. The molecule has 2 rings (SSSR count). The van der Waals surface area contributed by atoms with Crippen molar-refractivity contribution in [3.05, 3.63) is 23.8 Å².